The number of nitrogens with zero attached hydrogens (tertiary/aromatic N) is 1. The molecule has 4 atom stereocenters. The molecular weight excluding hydrogens is 380 g/mol. The summed E-state index contributed by atoms with van der Waals surface area (Å²) in [6, 6.07) is 11.4. The Balaban J connectivity index is 1.72. The van der Waals surface area contributed by atoms with Crippen molar-refractivity contribution >= 4 is 5.91 Å². The van der Waals surface area contributed by atoms with E-state index in [-0.39, 0.29) is 17.9 Å². The molecule has 0 aliphatic heterocycles. The Morgan fingerprint density at radius 1 is 1.30 bits per heavy atom. The van der Waals surface area contributed by atoms with Gasteiger partial charge < -0.3 is 20.7 Å². The number of fused-ring (bicyclic) bond motifs is 3. The van der Waals surface area contributed by atoms with Crippen molar-refractivity contribution in [1.29, 1.82) is 0 Å². The van der Waals surface area contributed by atoms with Gasteiger partial charge in [0.15, 0.2) is 6.61 Å². The highest BCUT2D eigenvalue weighted by atomic mass is 16.5. The van der Waals surface area contributed by atoms with Gasteiger partial charge in [-0.15, -0.1) is 0 Å². The minimum Gasteiger partial charge on any atom is -0.484 e. The molecule has 0 unspecified atom stereocenters. The number of aromatic nitrogens is 1. The topological polar surface area (TPSA) is 106 Å². The number of aliphatic hydroxyl groups is 2. The van der Waals surface area contributed by atoms with E-state index >= 15 is 0 Å². The van der Waals surface area contributed by atoms with E-state index in [1.54, 1.807) is 19.2 Å². The van der Waals surface area contributed by atoms with Gasteiger partial charge >= 0.3 is 0 Å². The third-order valence-corrected chi connectivity index (χ3v) is 7.35. The van der Waals surface area contributed by atoms with E-state index in [1.807, 2.05) is 24.3 Å². The molecule has 0 radical (unpaired) electrons. The SMILES string of the molecule is CC[C@@]12C[C@@](C)(O)[C@](O)(c3ccccn3)C[C@H]1CCc1cc(OCC(N)=O)ccc12. The highest BCUT2D eigenvalue weighted by Crippen LogP contribution is 2.59. The summed E-state index contributed by atoms with van der Waals surface area (Å²) in [5, 5.41) is 23.2. The van der Waals surface area contributed by atoms with Crippen molar-refractivity contribution in [2.75, 3.05) is 6.61 Å². The molecule has 2 aromatic rings. The number of amides is 1. The van der Waals surface area contributed by atoms with Crippen LogP contribution in [0.15, 0.2) is 42.6 Å². The number of ether oxygens (including phenoxy) is 1. The summed E-state index contributed by atoms with van der Waals surface area (Å²) in [6.45, 7) is 3.74. The van der Waals surface area contributed by atoms with Crippen LogP contribution in [0.4, 0.5) is 0 Å². The number of hydrogen-bond acceptors (Lipinski definition) is 5. The molecule has 30 heavy (non-hydrogen) atoms. The van der Waals surface area contributed by atoms with E-state index in [4.69, 9.17) is 10.5 Å². The second kappa shape index (κ2) is 7.36. The van der Waals surface area contributed by atoms with Crippen LogP contribution in [0.25, 0.3) is 0 Å². The van der Waals surface area contributed by atoms with Crippen LogP contribution in [0.1, 0.15) is 56.4 Å². The van der Waals surface area contributed by atoms with Crippen molar-refractivity contribution in [3.8, 4) is 5.75 Å². The van der Waals surface area contributed by atoms with Crippen LogP contribution in [-0.4, -0.2) is 33.3 Å². The molecule has 6 nitrogen and oxygen atoms in total. The second-order valence-electron chi connectivity index (χ2n) is 9.05. The maximum absolute atomic E-state index is 11.7. The zero-order valence-electron chi connectivity index (χ0n) is 17.6. The molecule has 0 saturated heterocycles. The highest BCUT2D eigenvalue weighted by Gasteiger charge is 2.61. The first-order valence-corrected chi connectivity index (χ1v) is 10.6. The van der Waals surface area contributed by atoms with Crippen LogP contribution in [-0.2, 0) is 22.2 Å². The Morgan fingerprint density at radius 3 is 2.77 bits per heavy atom. The van der Waals surface area contributed by atoms with Crippen LogP contribution in [0.2, 0.25) is 0 Å². The average Bonchev–Trinajstić information content (AvgIpc) is 2.73. The van der Waals surface area contributed by atoms with Crippen LogP contribution in [0, 0.1) is 5.92 Å². The molecule has 1 saturated carbocycles. The fourth-order valence-corrected chi connectivity index (χ4v) is 5.80. The molecule has 1 aromatic heterocycles. The zero-order valence-corrected chi connectivity index (χ0v) is 17.6. The molecule has 2 aliphatic carbocycles. The summed E-state index contributed by atoms with van der Waals surface area (Å²) >= 11 is 0. The van der Waals surface area contributed by atoms with Gasteiger partial charge in [-0.05, 0) is 80.3 Å². The fraction of sp³-hybridized carbons (Fsp3) is 0.500. The molecule has 0 bridgehead atoms. The van der Waals surface area contributed by atoms with Crippen molar-refractivity contribution in [3.05, 3.63) is 59.4 Å². The smallest absolute Gasteiger partial charge is 0.255 e. The van der Waals surface area contributed by atoms with Crippen molar-refractivity contribution in [1.82, 2.24) is 4.98 Å². The predicted molar refractivity (Wildman–Crippen MR) is 113 cm³/mol. The third-order valence-electron chi connectivity index (χ3n) is 7.35. The van der Waals surface area contributed by atoms with Gasteiger partial charge in [0.05, 0.1) is 11.3 Å². The predicted octanol–water partition coefficient (Wildman–Crippen LogP) is 2.59. The molecule has 0 spiro atoms. The molecule has 1 aromatic carbocycles. The number of aryl methyl sites for hydroxylation is 1. The molecular formula is C24H30N2O4. The number of benzene rings is 1. The number of carbonyl (C=O) groups excluding carboxylic acids is 1. The minimum atomic E-state index is -1.39. The number of hydrogen-bond donors (Lipinski definition) is 3. The number of carbonyl (C=O) groups is 1. The molecule has 6 heteroatoms. The average molecular weight is 411 g/mol. The van der Waals surface area contributed by atoms with Gasteiger partial charge in [-0.3, -0.25) is 9.78 Å². The van der Waals surface area contributed by atoms with E-state index < -0.39 is 17.1 Å². The lowest BCUT2D eigenvalue weighted by molar-refractivity contribution is -0.207. The minimum absolute atomic E-state index is 0.147. The van der Waals surface area contributed by atoms with Gasteiger partial charge in [0.2, 0.25) is 0 Å². The Bertz CT molecular complexity index is 945. The van der Waals surface area contributed by atoms with E-state index in [1.165, 1.54) is 11.1 Å². The first-order valence-electron chi connectivity index (χ1n) is 10.6. The van der Waals surface area contributed by atoms with Gasteiger partial charge in [-0.25, -0.2) is 0 Å². The second-order valence-corrected chi connectivity index (χ2v) is 9.05. The van der Waals surface area contributed by atoms with Crippen LogP contribution < -0.4 is 10.5 Å². The summed E-state index contributed by atoms with van der Waals surface area (Å²) < 4.78 is 5.50. The van der Waals surface area contributed by atoms with Gasteiger partial charge in [-0.2, -0.15) is 0 Å². The first-order chi connectivity index (χ1) is 14.2. The summed E-state index contributed by atoms with van der Waals surface area (Å²) in [4.78, 5) is 15.4. The lowest BCUT2D eigenvalue weighted by Crippen LogP contribution is -2.62. The van der Waals surface area contributed by atoms with E-state index in [0.717, 1.165) is 19.3 Å². The molecule has 4 N–H and O–H groups in total. The Labute approximate surface area is 177 Å². The molecule has 1 heterocycles. The molecule has 4 rings (SSSR count). The summed E-state index contributed by atoms with van der Waals surface area (Å²) in [5.74, 6) is 0.347. The van der Waals surface area contributed by atoms with Crippen LogP contribution in [0.3, 0.4) is 0 Å². The summed E-state index contributed by atoms with van der Waals surface area (Å²) in [7, 11) is 0. The number of pyridine rings is 1. The number of rotatable bonds is 5. The first kappa shape index (κ1) is 20.8. The van der Waals surface area contributed by atoms with Gasteiger partial charge in [0, 0.05) is 11.6 Å². The summed E-state index contributed by atoms with van der Waals surface area (Å²) in [6.07, 6.45) is 5.20. The molecule has 160 valence electrons. The number of primary amides is 1. The Hall–Kier alpha value is -2.44. The van der Waals surface area contributed by atoms with Gasteiger partial charge in [0.25, 0.3) is 5.91 Å². The zero-order chi connectivity index (χ0) is 21.6. The molecule has 1 amide bonds. The molecule has 2 aliphatic rings. The highest BCUT2D eigenvalue weighted by molar-refractivity contribution is 5.75. The largest absolute Gasteiger partial charge is 0.484 e. The van der Waals surface area contributed by atoms with Crippen LogP contribution in [0.5, 0.6) is 5.75 Å². The fourth-order valence-electron chi connectivity index (χ4n) is 5.80. The maximum Gasteiger partial charge on any atom is 0.255 e. The monoisotopic (exact) mass is 410 g/mol. The van der Waals surface area contributed by atoms with Crippen molar-refractivity contribution in [2.24, 2.45) is 11.7 Å². The lowest BCUT2D eigenvalue weighted by Gasteiger charge is -2.58. The standard InChI is InChI=1S/C24H30N2O4/c1-3-23-15-22(2,28)24(29,20-6-4-5-11-26-20)13-17(23)8-7-16-12-18(9-10-19(16)23)30-14-21(25)27/h4-6,9-12,17,28-29H,3,7-8,13-15H2,1-2H3,(H2,25,27)/t17-,22-,23-,24-/m1/s1. The quantitative estimate of drug-likeness (QED) is 0.703. The van der Waals surface area contributed by atoms with Gasteiger partial charge in [0.1, 0.15) is 11.4 Å². The Kier molecular flexibility index (Phi) is 5.11. The van der Waals surface area contributed by atoms with E-state index in [0.29, 0.717) is 24.3 Å². The molecule has 1 fully saturated rings. The third kappa shape index (κ3) is 3.19. The maximum atomic E-state index is 11.7. The van der Waals surface area contributed by atoms with Crippen molar-refractivity contribution in [2.45, 2.75) is 62.6 Å². The van der Waals surface area contributed by atoms with Crippen molar-refractivity contribution in [3.63, 3.8) is 0 Å². The number of nitrogens with two attached hydrogens (primary N) is 1. The van der Waals surface area contributed by atoms with Crippen LogP contribution >= 0.6 is 0 Å². The van der Waals surface area contributed by atoms with E-state index in [2.05, 4.69) is 18.0 Å². The summed E-state index contributed by atoms with van der Waals surface area (Å²) in [5.41, 5.74) is 5.14. The van der Waals surface area contributed by atoms with Crippen molar-refractivity contribution < 1.29 is 19.7 Å². The van der Waals surface area contributed by atoms with Gasteiger partial charge in [-0.1, -0.05) is 19.1 Å². The van der Waals surface area contributed by atoms with E-state index in [9.17, 15) is 15.0 Å². The Morgan fingerprint density at radius 2 is 2.10 bits per heavy atom. The lowest BCUT2D eigenvalue weighted by atomic mass is 9.49. The normalized spacial score (nSPS) is 32.7.